The molecule has 0 aliphatic heterocycles. The normalized spacial score (nSPS) is 24.4. The Labute approximate surface area is 107 Å². The monoisotopic (exact) mass is 251 g/mol. The van der Waals surface area contributed by atoms with Crippen LogP contribution >= 0.6 is 0 Å². The molecule has 18 heavy (non-hydrogen) atoms. The fraction of sp³-hybridized carbons (Fsp3) is 0.769. The molecule has 1 aromatic rings. The maximum Gasteiger partial charge on any atom is 0.306 e. The van der Waals surface area contributed by atoms with Crippen LogP contribution in [-0.4, -0.2) is 25.8 Å². The number of carboxylic acid groups (broad SMARTS) is 1. The molecule has 0 spiro atoms. The topological polar surface area (TPSA) is 68.0 Å². The van der Waals surface area contributed by atoms with E-state index in [9.17, 15) is 4.79 Å². The predicted molar refractivity (Wildman–Crippen MR) is 67.2 cm³/mol. The van der Waals surface area contributed by atoms with E-state index in [2.05, 4.69) is 28.6 Å². The van der Waals surface area contributed by atoms with Crippen molar-refractivity contribution in [2.24, 2.45) is 11.8 Å². The van der Waals surface area contributed by atoms with Crippen molar-refractivity contribution < 1.29 is 9.90 Å². The minimum atomic E-state index is -0.638. The summed E-state index contributed by atoms with van der Waals surface area (Å²) in [7, 11) is 0. The van der Waals surface area contributed by atoms with Crippen LogP contribution in [0.5, 0.6) is 0 Å². The summed E-state index contributed by atoms with van der Waals surface area (Å²) < 4.78 is 2.12. The lowest BCUT2D eigenvalue weighted by Gasteiger charge is -2.26. The molecule has 1 saturated carbocycles. The van der Waals surface area contributed by atoms with Gasteiger partial charge in [-0.05, 0) is 31.6 Å². The van der Waals surface area contributed by atoms with Crippen LogP contribution in [0.2, 0.25) is 0 Å². The van der Waals surface area contributed by atoms with Crippen molar-refractivity contribution >= 4 is 5.97 Å². The molecule has 0 amide bonds. The van der Waals surface area contributed by atoms with Gasteiger partial charge in [-0.25, -0.2) is 0 Å². The third-order valence-electron chi connectivity index (χ3n) is 3.81. The Balaban J connectivity index is 1.91. The van der Waals surface area contributed by atoms with Gasteiger partial charge in [0.25, 0.3) is 0 Å². The van der Waals surface area contributed by atoms with E-state index in [0.717, 1.165) is 38.1 Å². The van der Waals surface area contributed by atoms with E-state index < -0.39 is 5.97 Å². The second kappa shape index (κ2) is 5.50. The van der Waals surface area contributed by atoms with Crippen LogP contribution in [-0.2, 0) is 11.3 Å². The largest absolute Gasteiger partial charge is 0.481 e. The number of carboxylic acids is 1. The van der Waals surface area contributed by atoms with Gasteiger partial charge in [0.2, 0.25) is 0 Å². The summed E-state index contributed by atoms with van der Waals surface area (Å²) in [5.74, 6) is 1.19. The summed E-state index contributed by atoms with van der Waals surface area (Å²) in [6, 6.07) is 0. The zero-order valence-electron chi connectivity index (χ0n) is 11.0. The first kappa shape index (κ1) is 13.1. The maximum absolute atomic E-state index is 10.9. The molecule has 2 rings (SSSR count). The zero-order valence-corrected chi connectivity index (χ0v) is 11.0. The summed E-state index contributed by atoms with van der Waals surface area (Å²) in [6.45, 7) is 5.15. The summed E-state index contributed by atoms with van der Waals surface area (Å²) in [5.41, 5.74) is 0. The second-order valence-electron chi connectivity index (χ2n) is 5.55. The second-order valence-corrected chi connectivity index (χ2v) is 5.55. The van der Waals surface area contributed by atoms with Gasteiger partial charge in [-0.3, -0.25) is 4.79 Å². The SMILES string of the molecule is CC(C)c1nncn1CC1CCC(C(=O)O)CC1. The molecule has 1 aliphatic rings. The molecule has 5 heteroatoms. The van der Waals surface area contributed by atoms with Crippen molar-refractivity contribution in [1.29, 1.82) is 0 Å². The molecule has 0 unspecified atom stereocenters. The first-order valence-electron chi connectivity index (χ1n) is 6.68. The highest BCUT2D eigenvalue weighted by molar-refractivity contribution is 5.69. The minimum absolute atomic E-state index is 0.133. The van der Waals surface area contributed by atoms with Crippen LogP contribution in [0.3, 0.4) is 0 Å². The van der Waals surface area contributed by atoms with E-state index >= 15 is 0 Å². The average Bonchev–Trinajstić information content (AvgIpc) is 2.78. The summed E-state index contributed by atoms with van der Waals surface area (Å²) in [6.07, 6.45) is 5.39. The number of aliphatic carboxylic acids is 1. The van der Waals surface area contributed by atoms with Gasteiger partial charge in [-0.2, -0.15) is 0 Å². The maximum atomic E-state index is 10.9. The van der Waals surface area contributed by atoms with Crippen LogP contribution in [0.1, 0.15) is 51.3 Å². The van der Waals surface area contributed by atoms with Crippen LogP contribution in [0.4, 0.5) is 0 Å². The molecule has 1 aromatic heterocycles. The summed E-state index contributed by atoms with van der Waals surface area (Å²) in [5, 5.41) is 17.1. The van der Waals surface area contributed by atoms with Crippen LogP contribution in [0.25, 0.3) is 0 Å². The van der Waals surface area contributed by atoms with Crippen LogP contribution < -0.4 is 0 Å². The Hall–Kier alpha value is -1.39. The van der Waals surface area contributed by atoms with Gasteiger partial charge in [0.1, 0.15) is 12.2 Å². The van der Waals surface area contributed by atoms with Gasteiger partial charge in [0.15, 0.2) is 0 Å². The van der Waals surface area contributed by atoms with E-state index in [-0.39, 0.29) is 5.92 Å². The Kier molecular flexibility index (Phi) is 3.99. The lowest BCUT2D eigenvalue weighted by atomic mass is 9.82. The molecule has 0 radical (unpaired) electrons. The van der Waals surface area contributed by atoms with Gasteiger partial charge < -0.3 is 9.67 Å². The van der Waals surface area contributed by atoms with E-state index in [1.54, 1.807) is 6.33 Å². The fourth-order valence-electron chi connectivity index (χ4n) is 2.72. The van der Waals surface area contributed by atoms with E-state index in [0.29, 0.717) is 11.8 Å². The van der Waals surface area contributed by atoms with Crippen molar-refractivity contribution in [2.75, 3.05) is 0 Å². The number of hydrogen-bond acceptors (Lipinski definition) is 3. The molecule has 1 fully saturated rings. The molecule has 100 valence electrons. The lowest BCUT2D eigenvalue weighted by Crippen LogP contribution is -2.24. The van der Waals surface area contributed by atoms with Crippen molar-refractivity contribution in [3.63, 3.8) is 0 Å². The molecular formula is C13H21N3O2. The Morgan fingerprint density at radius 2 is 2.11 bits per heavy atom. The standard InChI is InChI=1S/C13H21N3O2/c1-9(2)12-15-14-8-16(12)7-10-3-5-11(6-4-10)13(17)18/h8-11H,3-7H2,1-2H3,(H,17,18). The van der Waals surface area contributed by atoms with E-state index in [4.69, 9.17) is 5.11 Å². The van der Waals surface area contributed by atoms with Gasteiger partial charge in [0.05, 0.1) is 5.92 Å². The quantitative estimate of drug-likeness (QED) is 0.891. The fourth-order valence-corrected chi connectivity index (χ4v) is 2.72. The average molecular weight is 251 g/mol. The highest BCUT2D eigenvalue weighted by Crippen LogP contribution is 2.30. The number of nitrogens with zero attached hydrogens (tertiary/aromatic N) is 3. The number of hydrogen-bond donors (Lipinski definition) is 1. The third-order valence-corrected chi connectivity index (χ3v) is 3.81. The van der Waals surface area contributed by atoms with Crippen LogP contribution in [0.15, 0.2) is 6.33 Å². The lowest BCUT2D eigenvalue weighted by molar-refractivity contribution is -0.143. The van der Waals surface area contributed by atoms with Crippen molar-refractivity contribution in [3.05, 3.63) is 12.2 Å². The zero-order chi connectivity index (χ0) is 13.1. The Morgan fingerprint density at radius 1 is 1.44 bits per heavy atom. The number of rotatable bonds is 4. The molecule has 1 heterocycles. The van der Waals surface area contributed by atoms with Gasteiger partial charge >= 0.3 is 5.97 Å². The predicted octanol–water partition coefficient (Wildman–Crippen LogP) is 2.29. The molecule has 0 saturated heterocycles. The summed E-state index contributed by atoms with van der Waals surface area (Å²) in [4.78, 5) is 10.9. The van der Waals surface area contributed by atoms with Gasteiger partial charge in [-0.15, -0.1) is 10.2 Å². The smallest absolute Gasteiger partial charge is 0.306 e. The highest BCUT2D eigenvalue weighted by atomic mass is 16.4. The van der Waals surface area contributed by atoms with E-state index in [1.165, 1.54) is 0 Å². The van der Waals surface area contributed by atoms with E-state index in [1.807, 2.05) is 0 Å². The van der Waals surface area contributed by atoms with Crippen molar-refractivity contribution in [2.45, 2.75) is 52.0 Å². The Morgan fingerprint density at radius 3 is 2.67 bits per heavy atom. The molecule has 0 bridgehead atoms. The summed E-state index contributed by atoms with van der Waals surface area (Å²) >= 11 is 0. The van der Waals surface area contributed by atoms with Gasteiger partial charge in [-0.1, -0.05) is 13.8 Å². The highest BCUT2D eigenvalue weighted by Gasteiger charge is 2.26. The molecule has 5 nitrogen and oxygen atoms in total. The first-order valence-corrected chi connectivity index (χ1v) is 6.68. The molecule has 1 N–H and O–H groups in total. The minimum Gasteiger partial charge on any atom is -0.481 e. The molecular weight excluding hydrogens is 230 g/mol. The first-order chi connectivity index (χ1) is 8.58. The van der Waals surface area contributed by atoms with Crippen molar-refractivity contribution in [1.82, 2.24) is 14.8 Å². The molecule has 1 aliphatic carbocycles. The van der Waals surface area contributed by atoms with Gasteiger partial charge in [0, 0.05) is 12.5 Å². The van der Waals surface area contributed by atoms with Crippen molar-refractivity contribution in [3.8, 4) is 0 Å². The van der Waals surface area contributed by atoms with Crippen LogP contribution in [0, 0.1) is 11.8 Å². The number of aromatic nitrogens is 3. The third kappa shape index (κ3) is 2.89. The molecule has 0 aromatic carbocycles. The molecule has 0 atom stereocenters. The number of carbonyl (C=O) groups is 1. The Bertz CT molecular complexity index is 406.